The van der Waals surface area contributed by atoms with E-state index in [1.54, 1.807) is 13.1 Å². The largest absolute Gasteiger partial charge is 0.503 e. The van der Waals surface area contributed by atoms with Crippen LogP contribution >= 0.6 is 0 Å². The number of alkyl halides is 3. The Labute approximate surface area is 180 Å². The van der Waals surface area contributed by atoms with Crippen molar-refractivity contribution in [2.24, 2.45) is 13.0 Å². The smallest absolute Gasteiger partial charge is 0.419 e. The molecule has 1 N–H and O–H groups in total. The van der Waals surface area contributed by atoms with E-state index >= 15 is 0 Å². The number of phenols is 1. The molecule has 0 amide bonds. The predicted octanol–water partition coefficient (Wildman–Crippen LogP) is 4.50. The molecule has 0 saturated carbocycles. The number of aryl methyl sites for hydroxylation is 1. The van der Waals surface area contributed by atoms with Crippen LogP contribution in [-0.4, -0.2) is 46.7 Å². The lowest BCUT2D eigenvalue weighted by Gasteiger charge is -2.27. The first-order chi connectivity index (χ1) is 15.1. The maximum Gasteiger partial charge on any atom is 0.419 e. The molecule has 11 heteroatoms. The summed E-state index contributed by atoms with van der Waals surface area (Å²) in [5.74, 6) is -4.21. The van der Waals surface area contributed by atoms with Crippen LogP contribution in [0.25, 0.3) is 22.2 Å². The van der Waals surface area contributed by atoms with E-state index in [1.165, 1.54) is 10.9 Å². The second kappa shape index (κ2) is 8.19. The molecule has 0 spiro atoms. The van der Waals surface area contributed by atoms with Crippen LogP contribution in [0.5, 0.6) is 5.75 Å². The van der Waals surface area contributed by atoms with Crippen LogP contribution in [0.4, 0.5) is 27.8 Å². The van der Waals surface area contributed by atoms with Gasteiger partial charge < -0.3 is 14.7 Å². The zero-order valence-corrected chi connectivity index (χ0v) is 17.4. The van der Waals surface area contributed by atoms with Gasteiger partial charge in [0.05, 0.1) is 11.1 Å². The average Bonchev–Trinajstić information content (AvgIpc) is 3.08. The number of ether oxygens (including phenoxy) is 1. The average molecular weight is 456 g/mol. The van der Waals surface area contributed by atoms with Gasteiger partial charge in [-0.15, -0.1) is 0 Å². The summed E-state index contributed by atoms with van der Waals surface area (Å²) in [6.45, 7) is 2.18. The Balaban J connectivity index is 1.75. The quantitative estimate of drug-likeness (QED) is 0.586. The molecule has 0 radical (unpaired) electrons. The summed E-state index contributed by atoms with van der Waals surface area (Å²) in [6, 6.07) is 2.02. The van der Waals surface area contributed by atoms with Gasteiger partial charge in [-0.2, -0.15) is 18.3 Å². The maximum atomic E-state index is 14.6. The van der Waals surface area contributed by atoms with Crippen molar-refractivity contribution >= 4 is 16.7 Å². The summed E-state index contributed by atoms with van der Waals surface area (Å²) in [5.41, 5.74) is -2.11. The Hall–Kier alpha value is -2.95. The van der Waals surface area contributed by atoms with E-state index in [2.05, 4.69) is 10.1 Å². The van der Waals surface area contributed by atoms with Crippen LogP contribution in [0.15, 0.2) is 18.3 Å². The first-order valence-corrected chi connectivity index (χ1v) is 9.98. The van der Waals surface area contributed by atoms with Crippen LogP contribution in [0, 0.1) is 17.6 Å². The molecule has 2 aromatic heterocycles. The molecule has 1 aliphatic heterocycles. The number of aromatic nitrogens is 3. The van der Waals surface area contributed by atoms with Gasteiger partial charge in [-0.25, -0.2) is 13.8 Å². The van der Waals surface area contributed by atoms with Crippen LogP contribution in [0.3, 0.4) is 0 Å². The minimum Gasteiger partial charge on any atom is -0.503 e. The maximum absolute atomic E-state index is 14.6. The molecular weight excluding hydrogens is 435 g/mol. The first kappa shape index (κ1) is 22.3. The van der Waals surface area contributed by atoms with E-state index < -0.39 is 34.7 Å². The summed E-state index contributed by atoms with van der Waals surface area (Å²) in [7, 11) is 3.44. The van der Waals surface area contributed by atoms with E-state index in [0.29, 0.717) is 36.5 Å². The number of pyridine rings is 1. The lowest BCUT2D eigenvalue weighted by molar-refractivity contribution is -0.140. The van der Waals surface area contributed by atoms with Crippen molar-refractivity contribution in [1.29, 1.82) is 0 Å². The summed E-state index contributed by atoms with van der Waals surface area (Å²) in [5, 5.41) is 14.0. The van der Waals surface area contributed by atoms with Crippen molar-refractivity contribution in [3.63, 3.8) is 0 Å². The molecule has 1 aromatic carbocycles. The molecule has 172 valence electrons. The molecule has 4 rings (SSSR count). The minimum absolute atomic E-state index is 0.174. The number of benzene rings is 1. The van der Waals surface area contributed by atoms with Crippen LogP contribution in [0.1, 0.15) is 18.4 Å². The zero-order chi connectivity index (χ0) is 23.2. The van der Waals surface area contributed by atoms with Gasteiger partial charge in [-0.3, -0.25) is 4.68 Å². The van der Waals surface area contributed by atoms with Gasteiger partial charge in [0.2, 0.25) is 0 Å². The Morgan fingerprint density at radius 1 is 1.19 bits per heavy atom. The highest BCUT2D eigenvalue weighted by Crippen LogP contribution is 2.41. The molecule has 1 saturated heterocycles. The van der Waals surface area contributed by atoms with Gasteiger partial charge in [0.1, 0.15) is 11.5 Å². The fourth-order valence-electron chi connectivity index (χ4n) is 3.96. The third-order valence-corrected chi connectivity index (χ3v) is 5.72. The third kappa shape index (κ3) is 3.96. The Kier molecular flexibility index (Phi) is 5.70. The predicted molar refractivity (Wildman–Crippen MR) is 107 cm³/mol. The van der Waals surface area contributed by atoms with Gasteiger partial charge in [0, 0.05) is 57.1 Å². The summed E-state index contributed by atoms with van der Waals surface area (Å²) in [4.78, 5) is 6.34. The standard InChI is InChI=1S/C21H21F5N4O2/c1-29(10-11-3-5-32-6-4-11)16-8-15-13(9-27-16)19(28-30(15)2)12-7-14(21(24,25)26)18(23)20(31)17(12)22/h7-9,11,31H,3-6,10H2,1-2H3. The second-order valence-electron chi connectivity index (χ2n) is 7.91. The van der Waals surface area contributed by atoms with Crippen molar-refractivity contribution in [3.8, 4) is 17.0 Å². The summed E-state index contributed by atoms with van der Waals surface area (Å²) in [6.07, 6.45) is -1.85. The minimum atomic E-state index is -5.12. The highest BCUT2D eigenvalue weighted by Gasteiger charge is 2.38. The molecule has 0 unspecified atom stereocenters. The van der Waals surface area contributed by atoms with Gasteiger partial charge in [-0.05, 0) is 24.8 Å². The van der Waals surface area contributed by atoms with Crippen molar-refractivity contribution in [2.75, 3.05) is 31.7 Å². The van der Waals surface area contributed by atoms with Crippen molar-refractivity contribution in [1.82, 2.24) is 14.8 Å². The molecular formula is C21H21F5N4O2. The monoisotopic (exact) mass is 456 g/mol. The van der Waals surface area contributed by atoms with Gasteiger partial charge >= 0.3 is 6.18 Å². The molecule has 3 aromatic rings. The highest BCUT2D eigenvalue weighted by atomic mass is 19.4. The number of anilines is 1. The summed E-state index contributed by atoms with van der Waals surface area (Å²) < 4.78 is 74.7. The SMILES string of the molecule is CN(CC1CCOCC1)c1cc2c(cn1)c(-c1cc(C(F)(F)F)c(F)c(O)c1F)nn2C. The molecule has 6 nitrogen and oxygen atoms in total. The molecule has 32 heavy (non-hydrogen) atoms. The van der Waals surface area contributed by atoms with Crippen molar-refractivity contribution in [2.45, 2.75) is 19.0 Å². The van der Waals surface area contributed by atoms with Crippen LogP contribution in [0.2, 0.25) is 0 Å². The normalized spacial score (nSPS) is 15.5. The number of aromatic hydroxyl groups is 1. The van der Waals surface area contributed by atoms with E-state index in [-0.39, 0.29) is 11.1 Å². The number of rotatable bonds is 4. The highest BCUT2D eigenvalue weighted by molar-refractivity contribution is 5.94. The number of phenolic OH excluding ortho intramolecular Hbond substituents is 1. The zero-order valence-electron chi connectivity index (χ0n) is 17.4. The first-order valence-electron chi connectivity index (χ1n) is 9.98. The molecule has 0 bridgehead atoms. The van der Waals surface area contributed by atoms with E-state index in [0.717, 1.165) is 19.4 Å². The number of fused-ring (bicyclic) bond motifs is 1. The van der Waals surface area contributed by atoms with Crippen LogP contribution < -0.4 is 4.90 Å². The lowest BCUT2D eigenvalue weighted by atomic mass is 10.00. The van der Waals surface area contributed by atoms with E-state index in [1.807, 2.05) is 11.9 Å². The number of hydrogen-bond acceptors (Lipinski definition) is 5. The Morgan fingerprint density at radius 2 is 1.88 bits per heavy atom. The Bertz CT molecular complexity index is 1160. The van der Waals surface area contributed by atoms with E-state index in [9.17, 15) is 27.1 Å². The van der Waals surface area contributed by atoms with Crippen molar-refractivity contribution < 1.29 is 31.8 Å². The molecule has 1 aliphatic rings. The number of hydrogen-bond donors (Lipinski definition) is 1. The van der Waals surface area contributed by atoms with Gasteiger partial charge in [0.25, 0.3) is 0 Å². The van der Waals surface area contributed by atoms with Gasteiger partial charge in [0.15, 0.2) is 17.4 Å². The van der Waals surface area contributed by atoms with Crippen molar-refractivity contribution in [3.05, 3.63) is 35.5 Å². The topological polar surface area (TPSA) is 63.4 Å². The second-order valence-corrected chi connectivity index (χ2v) is 7.91. The fraction of sp³-hybridized carbons (Fsp3) is 0.429. The van der Waals surface area contributed by atoms with E-state index in [4.69, 9.17) is 4.74 Å². The third-order valence-electron chi connectivity index (χ3n) is 5.72. The molecule has 0 aliphatic carbocycles. The number of nitrogens with zero attached hydrogens (tertiary/aromatic N) is 4. The van der Waals surface area contributed by atoms with Crippen LogP contribution in [-0.2, 0) is 18.0 Å². The molecule has 0 atom stereocenters. The number of halogens is 5. The van der Waals surface area contributed by atoms with Gasteiger partial charge in [-0.1, -0.05) is 0 Å². The Morgan fingerprint density at radius 3 is 2.53 bits per heavy atom. The summed E-state index contributed by atoms with van der Waals surface area (Å²) >= 11 is 0. The fourth-order valence-corrected chi connectivity index (χ4v) is 3.96. The molecule has 3 heterocycles. The lowest BCUT2D eigenvalue weighted by Crippen LogP contribution is -2.30. The molecule has 1 fully saturated rings.